The number of carbonyl (C=O) groups is 3. The summed E-state index contributed by atoms with van der Waals surface area (Å²) in [4.78, 5) is 40.7. The van der Waals surface area contributed by atoms with Gasteiger partial charge in [-0.15, -0.1) is 0 Å². The topological polar surface area (TPSA) is 130 Å². The van der Waals surface area contributed by atoms with Gasteiger partial charge in [0.15, 0.2) is 11.6 Å². The van der Waals surface area contributed by atoms with Gasteiger partial charge in [0.25, 0.3) is 0 Å². The summed E-state index contributed by atoms with van der Waals surface area (Å²) in [5, 5.41) is 23.9. The van der Waals surface area contributed by atoms with Gasteiger partial charge in [0.2, 0.25) is 0 Å². The molecule has 1 aromatic carbocycles. The highest BCUT2D eigenvalue weighted by molar-refractivity contribution is 6.24. The minimum atomic E-state index is -1.10. The largest absolute Gasteiger partial charge is 0.511 e. The number of carbonyl (C=O) groups excluding carboxylic acids is 2. The third-order valence-corrected chi connectivity index (χ3v) is 6.23. The van der Waals surface area contributed by atoms with E-state index < -0.39 is 12.0 Å². The zero-order valence-electron chi connectivity index (χ0n) is 18.4. The van der Waals surface area contributed by atoms with Crippen LogP contribution in [0.25, 0.3) is 0 Å². The first-order valence-corrected chi connectivity index (χ1v) is 11.2. The second-order valence-corrected chi connectivity index (χ2v) is 8.55. The number of carboxylic acid groups (broad SMARTS) is 1. The first-order chi connectivity index (χ1) is 15.8. The number of allylic oxidation sites excluding steroid dienone is 2. The lowest BCUT2D eigenvalue weighted by Gasteiger charge is -2.20. The maximum absolute atomic E-state index is 12.9. The number of aryl methyl sites for hydroxylation is 1. The van der Waals surface area contributed by atoms with Gasteiger partial charge in [-0.25, -0.2) is 4.79 Å². The Morgan fingerprint density at radius 1 is 1.15 bits per heavy atom. The van der Waals surface area contributed by atoms with E-state index in [-0.39, 0.29) is 48.1 Å². The zero-order chi connectivity index (χ0) is 23.5. The molecular weight excluding hydrogens is 424 g/mol. The van der Waals surface area contributed by atoms with E-state index in [1.54, 1.807) is 0 Å². The molecule has 0 saturated heterocycles. The number of aliphatic carboxylic acids is 1. The second kappa shape index (κ2) is 9.52. The zero-order valence-corrected chi connectivity index (χ0v) is 18.4. The average Bonchev–Trinajstić information content (AvgIpc) is 3.21. The van der Waals surface area contributed by atoms with Crippen LogP contribution in [0.4, 0.5) is 0 Å². The van der Waals surface area contributed by atoms with E-state index in [4.69, 9.17) is 9.63 Å². The molecule has 1 aromatic heterocycles. The Morgan fingerprint density at radius 3 is 2.64 bits per heavy atom. The van der Waals surface area contributed by atoms with Gasteiger partial charge in [-0.1, -0.05) is 35.5 Å². The van der Waals surface area contributed by atoms with Crippen molar-refractivity contribution in [2.75, 3.05) is 0 Å². The molecule has 2 aromatic rings. The van der Waals surface area contributed by atoms with Crippen LogP contribution in [0.3, 0.4) is 0 Å². The lowest BCUT2D eigenvalue weighted by atomic mass is 9.81. The van der Waals surface area contributed by atoms with E-state index in [0.717, 1.165) is 5.56 Å². The predicted molar refractivity (Wildman–Crippen MR) is 120 cm³/mol. The Labute approximate surface area is 191 Å². The van der Waals surface area contributed by atoms with Gasteiger partial charge < -0.3 is 14.7 Å². The Morgan fingerprint density at radius 2 is 1.91 bits per heavy atom. The van der Waals surface area contributed by atoms with Gasteiger partial charge in [0.05, 0.1) is 22.5 Å². The molecule has 0 aliphatic heterocycles. The molecule has 8 heteroatoms. The van der Waals surface area contributed by atoms with Crippen LogP contribution in [0, 0.1) is 0 Å². The Bertz CT molecular complexity index is 1140. The number of aliphatic hydroxyl groups is 1. The number of fused-ring (bicyclic) bond motifs is 1. The summed E-state index contributed by atoms with van der Waals surface area (Å²) in [6.45, 7) is 1.43. The van der Waals surface area contributed by atoms with E-state index in [1.165, 1.54) is 6.92 Å². The van der Waals surface area contributed by atoms with Gasteiger partial charge in [-0.2, -0.15) is 0 Å². The van der Waals surface area contributed by atoms with E-state index >= 15 is 0 Å². The number of hydrogen-bond donors (Lipinski definition) is 2. The summed E-state index contributed by atoms with van der Waals surface area (Å²) < 4.78 is 5.48. The van der Waals surface area contributed by atoms with Crippen molar-refractivity contribution < 1.29 is 29.1 Å². The van der Waals surface area contributed by atoms with E-state index in [1.807, 2.05) is 30.3 Å². The van der Waals surface area contributed by atoms with E-state index in [2.05, 4.69) is 10.1 Å². The molecule has 0 spiro atoms. The molecule has 1 heterocycles. The molecule has 0 amide bonds. The number of hydrogen-bond acceptors (Lipinski definition) is 7. The molecule has 33 heavy (non-hydrogen) atoms. The first-order valence-electron chi connectivity index (χ1n) is 11.2. The van der Waals surface area contributed by atoms with Gasteiger partial charge in [0.1, 0.15) is 17.6 Å². The van der Waals surface area contributed by atoms with Crippen molar-refractivity contribution in [1.29, 1.82) is 0 Å². The van der Waals surface area contributed by atoms with Crippen LogP contribution < -0.4 is 0 Å². The number of nitrogens with zero attached hydrogens (tertiary/aromatic N) is 2. The van der Waals surface area contributed by atoms with Crippen LogP contribution in [0.2, 0.25) is 0 Å². The second-order valence-electron chi connectivity index (χ2n) is 8.55. The third-order valence-electron chi connectivity index (χ3n) is 6.23. The molecular formula is C25H26N2O6. The number of aromatic nitrogens is 1. The predicted octanol–water partition coefficient (Wildman–Crippen LogP) is 4.00. The van der Waals surface area contributed by atoms with Crippen molar-refractivity contribution in [2.24, 2.45) is 4.99 Å². The number of rotatable bonds is 6. The molecule has 0 radical (unpaired) electrons. The Kier molecular flexibility index (Phi) is 6.53. The average molecular weight is 450 g/mol. The number of aliphatic hydroxyl groups excluding tert-OH is 1. The van der Waals surface area contributed by atoms with Crippen LogP contribution in [-0.4, -0.2) is 44.7 Å². The first kappa shape index (κ1) is 22.6. The minimum Gasteiger partial charge on any atom is -0.511 e. The minimum absolute atomic E-state index is 0.0392. The van der Waals surface area contributed by atoms with Crippen LogP contribution in [0.1, 0.15) is 72.3 Å². The molecule has 2 unspecified atom stereocenters. The fourth-order valence-electron chi connectivity index (χ4n) is 4.51. The van der Waals surface area contributed by atoms with Gasteiger partial charge in [0, 0.05) is 32.1 Å². The quantitative estimate of drug-likeness (QED) is 0.502. The SMILES string of the molecule is CC(N=C1CCCC(=O)C1=C(O)CCc1noc2c1C(=O)CC(c1ccccc1)C2)C(=O)O. The molecule has 0 bridgehead atoms. The van der Waals surface area contributed by atoms with Crippen molar-refractivity contribution in [3.05, 3.63) is 64.2 Å². The van der Waals surface area contributed by atoms with E-state index in [9.17, 15) is 19.5 Å². The van der Waals surface area contributed by atoms with E-state index in [0.29, 0.717) is 48.4 Å². The summed E-state index contributed by atoms with van der Waals surface area (Å²) >= 11 is 0. The molecule has 2 N–H and O–H groups in total. The van der Waals surface area contributed by atoms with Crippen LogP contribution in [-0.2, 0) is 22.4 Å². The highest BCUT2D eigenvalue weighted by atomic mass is 16.5. The summed E-state index contributed by atoms with van der Waals surface area (Å²) in [5.74, 6) is -0.955. The Hall–Kier alpha value is -3.55. The van der Waals surface area contributed by atoms with Gasteiger partial charge in [-0.3, -0.25) is 14.6 Å². The van der Waals surface area contributed by atoms with Crippen molar-refractivity contribution >= 4 is 23.2 Å². The molecule has 1 fully saturated rings. The fourth-order valence-corrected chi connectivity index (χ4v) is 4.51. The van der Waals surface area contributed by atoms with Crippen molar-refractivity contribution in [1.82, 2.24) is 5.16 Å². The number of aliphatic imine (C=N–C) groups is 1. The maximum Gasteiger partial charge on any atom is 0.328 e. The molecule has 2 aliphatic rings. The number of Topliss-reactive ketones (excluding diaryl/α,β-unsaturated/α-hetero) is 2. The summed E-state index contributed by atoms with van der Waals surface area (Å²) in [6, 6.07) is 8.80. The van der Waals surface area contributed by atoms with Gasteiger partial charge >= 0.3 is 5.97 Å². The van der Waals surface area contributed by atoms with Crippen LogP contribution in [0.15, 0.2) is 51.2 Å². The van der Waals surface area contributed by atoms with Crippen molar-refractivity contribution in [3.63, 3.8) is 0 Å². The van der Waals surface area contributed by atoms with Crippen molar-refractivity contribution in [3.8, 4) is 0 Å². The highest BCUT2D eigenvalue weighted by Gasteiger charge is 2.33. The third kappa shape index (κ3) is 4.79. The smallest absolute Gasteiger partial charge is 0.328 e. The van der Waals surface area contributed by atoms with Crippen molar-refractivity contribution in [2.45, 2.75) is 63.8 Å². The van der Waals surface area contributed by atoms with Gasteiger partial charge in [-0.05, 0) is 31.2 Å². The summed E-state index contributed by atoms with van der Waals surface area (Å²) in [5.41, 5.74) is 2.44. The van der Waals surface area contributed by atoms with Crippen LogP contribution >= 0.6 is 0 Å². The fraction of sp³-hybridized carbons (Fsp3) is 0.400. The monoisotopic (exact) mass is 450 g/mol. The maximum atomic E-state index is 12.9. The number of carboxylic acids is 1. The number of ketones is 2. The molecule has 4 rings (SSSR count). The lowest BCUT2D eigenvalue weighted by molar-refractivity contribution is -0.138. The summed E-state index contributed by atoms with van der Waals surface area (Å²) in [6.07, 6.45) is 2.52. The standard InChI is InChI=1S/C25H26N2O6/c1-14(25(31)32)26-17-8-5-9-19(28)23(17)20(29)11-10-18-24-21(30)12-16(13-22(24)33-27-18)15-6-3-2-4-7-15/h2-4,6-7,14,16,29H,5,8-13H2,1H3,(H,31,32). The summed E-state index contributed by atoms with van der Waals surface area (Å²) in [7, 11) is 0. The Balaban J connectivity index is 1.53. The van der Waals surface area contributed by atoms with Crippen LogP contribution in [0.5, 0.6) is 0 Å². The number of benzene rings is 1. The lowest BCUT2D eigenvalue weighted by Crippen LogP contribution is -2.25. The normalized spacial score (nSPS) is 22.2. The molecule has 2 aliphatic carbocycles. The molecule has 8 nitrogen and oxygen atoms in total. The molecule has 172 valence electrons. The molecule has 1 saturated carbocycles. The highest BCUT2D eigenvalue weighted by Crippen LogP contribution is 2.35. The molecule has 2 atom stereocenters.